The van der Waals surface area contributed by atoms with Crippen molar-refractivity contribution in [3.8, 4) is 0 Å². The Bertz CT molecular complexity index is 607. The summed E-state index contributed by atoms with van der Waals surface area (Å²) in [4.78, 5) is 14.4. The molecule has 1 aliphatic heterocycles. The standard InChI is InChI=1S/C23H41NO6/c1-16-12-17-14-18(25)23(27)9-7-11-24(20(26)30-21(2,3)4)10-6-8-22(17,23)19(13-16)29-15-28-5/h16-19,25,27H,6-15H2,1-5H3/t16?,17-,18-,19?,22+,23-/m0/s1. The first-order chi connectivity index (χ1) is 14.0. The summed E-state index contributed by atoms with van der Waals surface area (Å²) in [6.07, 6.45) is 3.74. The number of nitrogens with zero attached hydrogens (tertiary/aromatic N) is 1. The molecule has 30 heavy (non-hydrogen) atoms. The van der Waals surface area contributed by atoms with E-state index in [-0.39, 0.29) is 24.9 Å². The van der Waals surface area contributed by atoms with Crippen molar-refractivity contribution < 1.29 is 29.2 Å². The quantitative estimate of drug-likeness (QED) is 0.672. The zero-order chi connectivity index (χ0) is 22.2. The van der Waals surface area contributed by atoms with Crippen molar-refractivity contribution in [2.45, 2.75) is 96.1 Å². The van der Waals surface area contributed by atoms with Crippen LogP contribution < -0.4 is 0 Å². The molecule has 0 bridgehead atoms. The zero-order valence-electron chi connectivity index (χ0n) is 19.4. The van der Waals surface area contributed by atoms with Crippen LogP contribution in [0.3, 0.4) is 0 Å². The van der Waals surface area contributed by atoms with E-state index >= 15 is 0 Å². The molecule has 3 rings (SSSR count). The third kappa shape index (κ3) is 4.36. The number of methoxy groups -OCH3 is 1. The van der Waals surface area contributed by atoms with Gasteiger partial charge in [-0.25, -0.2) is 4.79 Å². The average molecular weight is 428 g/mol. The molecule has 3 fully saturated rings. The molecular formula is C23H41NO6. The molecule has 7 heteroatoms. The highest BCUT2D eigenvalue weighted by molar-refractivity contribution is 5.68. The van der Waals surface area contributed by atoms with E-state index in [1.54, 1.807) is 12.0 Å². The van der Waals surface area contributed by atoms with Crippen LogP contribution in [0.25, 0.3) is 0 Å². The first-order valence-electron chi connectivity index (χ1n) is 11.5. The van der Waals surface area contributed by atoms with Crippen LogP contribution in [0, 0.1) is 17.3 Å². The number of amides is 1. The minimum atomic E-state index is -1.21. The van der Waals surface area contributed by atoms with Gasteiger partial charge in [0.2, 0.25) is 0 Å². The van der Waals surface area contributed by atoms with Crippen molar-refractivity contribution in [3.63, 3.8) is 0 Å². The maximum atomic E-state index is 12.7. The normalized spacial score (nSPS) is 40.0. The van der Waals surface area contributed by atoms with Gasteiger partial charge in [-0.2, -0.15) is 0 Å². The maximum absolute atomic E-state index is 12.7. The Hall–Kier alpha value is -0.890. The number of ether oxygens (including phenoxy) is 3. The number of carbonyl (C=O) groups excluding carboxylic acids is 1. The lowest BCUT2D eigenvalue weighted by atomic mass is 9.55. The van der Waals surface area contributed by atoms with Crippen LogP contribution in [0.1, 0.15) is 72.6 Å². The molecule has 7 nitrogen and oxygen atoms in total. The molecule has 0 radical (unpaired) electrons. The van der Waals surface area contributed by atoms with Crippen molar-refractivity contribution in [2.75, 3.05) is 27.0 Å². The first-order valence-corrected chi connectivity index (χ1v) is 11.5. The second kappa shape index (κ2) is 8.93. The Morgan fingerprint density at radius 3 is 2.43 bits per heavy atom. The fourth-order valence-electron chi connectivity index (χ4n) is 6.41. The summed E-state index contributed by atoms with van der Waals surface area (Å²) >= 11 is 0. The van der Waals surface area contributed by atoms with E-state index in [1.165, 1.54) is 0 Å². The summed E-state index contributed by atoms with van der Waals surface area (Å²) in [7, 11) is 1.61. The van der Waals surface area contributed by atoms with Gasteiger partial charge in [-0.15, -0.1) is 0 Å². The Kier molecular flexibility index (Phi) is 7.07. The van der Waals surface area contributed by atoms with Gasteiger partial charge in [-0.3, -0.25) is 0 Å². The molecule has 3 aliphatic rings. The van der Waals surface area contributed by atoms with Crippen molar-refractivity contribution in [1.82, 2.24) is 4.90 Å². The second-order valence-electron chi connectivity index (χ2n) is 10.7. The highest BCUT2D eigenvalue weighted by Gasteiger charge is 2.68. The molecule has 0 aromatic heterocycles. The van der Waals surface area contributed by atoms with E-state index in [0.29, 0.717) is 44.7 Å². The molecule has 2 saturated carbocycles. The van der Waals surface area contributed by atoms with E-state index in [0.717, 1.165) is 19.3 Å². The second-order valence-corrected chi connectivity index (χ2v) is 10.7. The number of aliphatic hydroxyl groups is 2. The Morgan fingerprint density at radius 1 is 1.13 bits per heavy atom. The lowest BCUT2D eigenvalue weighted by Gasteiger charge is -2.54. The summed E-state index contributed by atoms with van der Waals surface area (Å²) < 4.78 is 17.0. The van der Waals surface area contributed by atoms with Gasteiger partial charge in [-0.05, 0) is 77.6 Å². The molecule has 6 atom stereocenters. The first kappa shape index (κ1) is 23.8. The SMILES string of the molecule is COCOC1CC(C)C[C@H]2C[C@H](O)[C@@]3(O)CCCN(C(=O)OC(C)(C)C)CCC[C@]123. The van der Waals surface area contributed by atoms with Crippen LogP contribution in [0.15, 0.2) is 0 Å². The number of hydrogen-bond donors (Lipinski definition) is 2. The number of hydrogen-bond acceptors (Lipinski definition) is 6. The molecule has 2 N–H and O–H groups in total. The van der Waals surface area contributed by atoms with Gasteiger partial charge >= 0.3 is 6.09 Å². The highest BCUT2D eigenvalue weighted by Crippen LogP contribution is 2.63. The predicted octanol–water partition coefficient (Wildman–Crippen LogP) is 3.31. The van der Waals surface area contributed by atoms with Gasteiger partial charge in [0.05, 0.1) is 17.8 Å². The maximum Gasteiger partial charge on any atom is 0.410 e. The number of carbonyl (C=O) groups is 1. The van der Waals surface area contributed by atoms with Gasteiger partial charge in [0.15, 0.2) is 0 Å². The monoisotopic (exact) mass is 427 g/mol. The topological polar surface area (TPSA) is 88.5 Å². The predicted molar refractivity (Wildman–Crippen MR) is 113 cm³/mol. The summed E-state index contributed by atoms with van der Waals surface area (Å²) in [5.41, 5.74) is -2.26. The molecule has 1 amide bonds. The van der Waals surface area contributed by atoms with E-state index in [1.807, 2.05) is 20.8 Å². The summed E-state index contributed by atoms with van der Waals surface area (Å²) in [6.45, 7) is 9.12. The molecule has 1 spiro atoms. The molecule has 0 aromatic rings. The van der Waals surface area contributed by atoms with Crippen LogP contribution in [-0.2, 0) is 14.2 Å². The molecule has 2 aliphatic carbocycles. The van der Waals surface area contributed by atoms with Gasteiger partial charge in [-0.1, -0.05) is 6.92 Å². The van der Waals surface area contributed by atoms with Crippen LogP contribution in [0.5, 0.6) is 0 Å². The number of rotatable bonds is 3. The van der Waals surface area contributed by atoms with E-state index in [4.69, 9.17) is 14.2 Å². The number of aliphatic hydroxyl groups excluding tert-OH is 1. The smallest absolute Gasteiger partial charge is 0.410 e. The average Bonchev–Trinajstić information content (AvgIpc) is 2.88. The van der Waals surface area contributed by atoms with E-state index < -0.39 is 22.7 Å². The van der Waals surface area contributed by atoms with Crippen LogP contribution in [-0.4, -0.2) is 71.6 Å². The van der Waals surface area contributed by atoms with Crippen molar-refractivity contribution in [1.29, 1.82) is 0 Å². The van der Waals surface area contributed by atoms with Crippen molar-refractivity contribution >= 4 is 6.09 Å². The summed E-state index contributed by atoms with van der Waals surface area (Å²) in [6, 6.07) is 0. The Labute approximate surface area is 181 Å². The minimum Gasteiger partial charge on any atom is -0.444 e. The Balaban J connectivity index is 1.87. The lowest BCUT2D eigenvalue weighted by Crippen LogP contribution is -2.61. The molecular weight excluding hydrogens is 386 g/mol. The Morgan fingerprint density at radius 2 is 1.80 bits per heavy atom. The van der Waals surface area contributed by atoms with Crippen LogP contribution in [0.4, 0.5) is 4.79 Å². The highest BCUT2D eigenvalue weighted by atomic mass is 16.7. The largest absolute Gasteiger partial charge is 0.444 e. The van der Waals surface area contributed by atoms with Crippen molar-refractivity contribution in [3.05, 3.63) is 0 Å². The van der Waals surface area contributed by atoms with Gasteiger partial charge in [0.25, 0.3) is 0 Å². The third-order valence-electron chi connectivity index (χ3n) is 7.51. The fraction of sp³-hybridized carbons (Fsp3) is 0.957. The molecule has 2 unspecified atom stereocenters. The minimum absolute atomic E-state index is 0.165. The van der Waals surface area contributed by atoms with E-state index in [2.05, 4.69) is 6.92 Å². The summed E-state index contributed by atoms with van der Waals surface area (Å²) in [5.74, 6) is 0.680. The lowest BCUT2D eigenvalue weighted by molar-refractivity contribution is -0.228. The molecule has 174 valence electrons. The van der Waals surface area contributed by atoms with Crippen LogP contribution >= 0.6 is 0 Å². The molecule has 1 saturated heterocycles. The fourth-order valence-corrected chi connectivity index (χ4v) is 6.41. The summed E-state index contributed by atoms with van der Waals surface area (Å²) in [5, 5.41) is 23.0. The van der Waals surface area contributed by atoms with Gasteiger partial charge in [0.1, 0.15) is 12.4 Å². The van der Waals surface area contributed by atoms with Gasteiger partial charge in [0, 0.05) is 25.6 Å². The van der Waals surface area contributed by atoms with Crippen LogP contribution in [0.2, 0.25) is 0 Å². The molecule has 0 aromatic carbocycles. The van der Waals surface area contributed by atoms with E-state index in [9.17, 15) is 15.0 Å². The third-order valence-corrected chi connectivity index (χ3v) is 7.51. The van der Waals surface area contributed by atoms with Gasteiger partial charge < -0.3 is 29.3 Å². The zero-order valence-corrected chi connectivity index (χ0v) is 19.4. The van der Waals surface area contributed by atoms with Crippen molar-refractivity contribution in [2.24, 2.45) is 17.3 Å². The molecule has 1 heterocycles.